The molecule has 1 aliphatic carbocycles. The van der Waals surface area contributed by atoms with E-state index in [0.717, 1.165) is 24.6 Å². The molecule has 1 aliphatic rings. The second-order valence-electron chi connectivity index (χ2n) is 4.81. The molecule has 0 aliphatic heterocycles. The van der Waals surface area contributed by atoms with Gasteiger partial charge in [0.15, 0.2) is 0 Å². The standard InChI is InChI=1S/C14H17FN2O2S/c1-17(8-13(18)16-10-6-7-10)14(19)9-20-12-5-3-2-4-11(12)15/h2-5,10H,6-9H2,1H3,(H,16,18). The summed E-state index contributed by atoms with van der Waals surface area (Å²) in [7, 11) is 1.58. The third kappa shape index (κ3) is 4.52. The summed E-state index contributed by atoms with van der Waals surface area (Å²) < 4.78 is 13.4. The van der Waals surface area contributed by atoms with Crippen LogP contribution in [0.25, 0.3) is 0 Å². The molecular formula is C14H17FN2O2S. The molecule has 0 aromatic heterocycles. The molecule has 1 aromatic rings. The van der Waals surface area contributed by atoms with E-state index in [1.807, 2.05) is 0 Å². The Morgan fingerprint density at radius 2 is 2.10 bits per heavy atom. The van der Waals surface area contributed by atoms with E-state index in [0.29, 0.717) is 10.9 Å². The second-order valence-corrected chi connectivity index (χ2v) is 5.83. The number of nitrogens with one attached hydrogen (secondary N) is 1. The SMILES string of the molecule is CN(CC(=O)NC1CC1)C(=O)CSc1ccccc1F. The van der Waals surface area contributed by atoms with E-state index in [2.05, 4.69) is 5.32 Å². The topological polar surface area (TPSA) is 49.4 Å². The minimum absolute atomic E-state index is 0.0488. The fraction of sp³-hybridized carbons (Fsp3) is 0.429. The first kappa shape index (κ1) is 14.8. The summed E-state index contributed by atoms with van der Waals surface area (Å²) >= 11 is 1.14. The van der Waals surface area contributed by atoms with Crippen molar-refractivity contribution in [2.45, 2.75) is 23.8 Å². The Hall–Kier alpha value is -1.56. The summed E-state index contributed by atoms with van der Waals surface area (Å²) in [5, 5.41) is 2.82. The Morgan fingerprint density at radius 1 is 1.40 bits per heavy atom. The number of nitrogens with zero attached hydrogens (tertiary/aromatic N) is 1. The van der Waals surface area contributed by atoms with Gasteiger partial charge in [0.05, 0.1) is 12.3 Å². The summed E-state index contributed by atoms with van der Waals surface area (Å²) in [6, 6.07) is 6.61. The van der Waals surface area contributed by atoms with Gasteiger partial charge in [-0.15, -0.1) is 11.8 Å². The Morgan fingerprint density at radius 3 is 2.75 bits per heavy atom. The molecule has 6 heteroatoms. The number of amides is 2. The maximum absolute atomic E-state index is 13.4. The summed E-state index contributed by atoms with van der Waals surface area (Å²) in [6.07, 6.45) is 2.04. The van der Waals surface area contributed by atoms with Crippen molar-refractivity contribution in [3.05, 3.63) is 30.1 Å². The number of carbonyl (C=O) groups is 2. The largest absolute Gasteiger partial charge is 0.352 e. The first-order valence-electron chi connectivity index (χ1n) is 6.47. The molecule has 1 saturated carbocycles. The normalized spacial score (nSPS) is 13.9. The number of halogens is 1. The lowest BCUT2D eigenvalue weighted by molar-refractivity contribution is -0.132. The Labute approximate surface area is 121 Å². The highest BCUT2D eigenvalue weighted by Gasteiger charge is 2.24. The number of benzene rings is 1. The first-order chi connectivity index (χ1) is 9.56. The number of likely N-dealkylation sites (N-methyl/N-ethyl adjacent to an activating group) is 1. The van der Waals surface area contributed by atoms with Gasteiger partial charge in [0.1, 0.15) is 5.82 Å². The molecule has 0 spiro atoms. The van der Waals surface area contributed by atoms with Gasteiger partial charge in [-0.1, -0.05) is 12.1 Å². The summed E-state index contributed by atoms with van der Waals surface area (Å²) in [5.41, 5.74) is 0. The summed E-state index contributed by atoms with van der Waals surface area (Å²) in [5.74, 6) is -0.545. The fourth-order valence-electron chi connectivity index (χ4n) is 1.62. The van der Waals surface area contributed by atoms with Gasteiger partial charge in [-0.2, -0.15) is 0 Å². The van der Waals surface area contributed by atoms with Gasteiger partial charge in [0, 0.05) is 18.0 Å². The monoisotopic (exact) mass is 296 g/mol. The van der Waals surface area contributed by atoms with Crippen molar-refractivity contribution in [3.8, 4) is 0 Å². The molecular weight excluding hydrogens is 279 g/mol. The van der Waals surface area contributed by atoms with Crippen LogP contribution in [0.5, 0.6) is 0 Å². The molecule has 2 rings (SSSR count). The Bertz CT molecular complexity index is 506. The minimum Gasteiger partial charge on any atom is -0.352 e. The van der Waals surface area contributed by atoms with E-state index >= 15 is 0 Å². The first-order valence-corrected chi connectivity index (χ1v) is 7.45. The van der Waals surface area contributed by atoms with Gasteiger partial charge in [0.2, 0.25) is 11.8 Å². The van der Waals surface area contributed by atoms with E-state index < -0.39 is 0 Å². The average Bonchev–Trinajstić information content (AvgIpc) is 3.21. The van der Waals surface area contributed by atoms with Crippen LogP contribution in [0, 0.1) is 5.82 Å². The smallest absolute Gasteiger partial charge is 0.239 e. The van der Waals surface area contributed by atoms with Crippen molar-refractivity contribution >= 4 is 23.6 Å². The van der Waals surface area contributed by atoms with Gasteiger partial charge >= 0.3 is 0 Å². The molecule has 0 bridgehead atoms. The molecule has 0 radical (unpaired) electrons. The van der Waals surface area contributed by atoms with Crippen LogP contribution in [0.2, 0.25) is 0 Å². The highest BCUT2D eigenvalue weighted by Crippen LogP contribution is 2.21. The predicted octanol–water partition coefficient (Wildman–Crippen LogP) is 1.65. The zero-order valence-electron chi connectivity index (χ0n) is 11.3. The van der Waals surface area contributed by atoms with Crippen LogP contribution in [-0.4, -0.2) is 42.1 Å². The van der Waals surface area contributed by atoms with Gasteiger partial charge in [-0.25, -0.2) is 4.39 Å². The quantitative estimate of drug-likeness (QED) is 0.812. The number of rotatable bonds is 6. The fourth-order valence-corrected chi connectivity index (χ4v) is 2.50. The van der Waals surface area contributed by atoms with E-state index in [-0.39, 0.29) is 29.9 Å². The summed E-state index contributed by atoms with van der Waals surface area (Å²) in [6.45, 7) is 0.0488. The van der Waals surface area contributed by atoms with Gasteiger partial charge < -0.3 is 10.2 Å². The minimum atomic E-state index is -0.334. The van der Waals surface area contributed by atoms with Gasteiger partial charge in [-0.3, -0.25) is 9.59 Å². The van der Waals surface area contributed by atoms with Crippen molar-refractivity contribution in [1.82, 2.24) is 10.2 Å². The molecule has 1 N–H and O–H groups in total. The van der Waals surface area contributed by atoms with Crippen LogP contribution in [0.4, 0.5) is 4.39 Å². The van der Waals surface area contributed by atoms with Crippen molar-refractivity contribution in [1.29, 1.82) is 0 Å². The van der Waals surface area contributed by atoms with Crippen LogP contribution in [0.15, 0.2) is 29.2 Å². The Kier molecular flexibility index (Phi) is 5.00. The van der Waals surface area contributed by atoms with Crippen LogP contribution in [0.3, 0.4) is 0 Å². The van der Waals surface area contributed by atoms with E-state index in [1.54, 1.807) is 25.2 Å². The molecule has 0 saturated heterocycles. The molecule has 20 heavy (non-hydrogen) atoms. The number of hydrogen-bond donors (Lipinski definition) is 1. The van der Waals surface area contributed by atoms with Crippen LogP contribution >= 0.6 is 11.8 Å². The van der Waals surface area contributed by atoms with E-state index in [1.165, 1.54) is 11.0 Å². The lowest BCUT2D eigenvalue weighted by Gasteiger charge is -2.16. The van der Waals surface area contributed by atoms with Crippen molar-refractivity contribution in [2.75, 3.05) is 19.3 Å². The Balaban J connectivity index is 1.75. The molecule has 0 heterocycles. The van der Waals surface area contributed by atoms with E-state index in [4.69, 9.17) is 0 Å². The third-order valence-electron chi connectivity index (χ3n) is 2.94. The number of thioether (sulfide) groups is 1. The van der Waals surface area contributed by atoms with Crippen LogP contribution < -0.4 is 5.32 Å². The predicted molar refractivity (Wildman–Crippen MR) is 75.9 cm³/mol. The third-order valence-corrected chi connectivity index (χ3v) is 3.97. The molecule has 0 unspecified atom stereocenters. The highest BCUT2D eigenvalue weighted by molar-refractivity contribution is 8.00. The summed E-state index contributed by atoms with van der Waals surface area (Å²) in [4.78, 5) is 25.2. The van der Waals surface area contributed by atoms with Gasteiger partial charge in [-0.05, 0) is 25.0 Å². The maximum Gasteiger partial charge on any atom is 0.239 e. The molecule has 2 amide bonds. The van der Waals surface area contributed by atoms with Crippen molar-refractivity contribution < 1.29 is 14.0 Å². The number of hydrogen-bond acceptors (Lipinski definition) is 3. The number of carbonyl (C=O) groups excluding carboxylic acids is 2. The highest BCUT2D eigenvalue weighted by atomic mass is 32.2. The van der Waals surface area contributed by atoms with Crippen molar-refractivity contribution in [2.24, 2.45) is 0 Å². The average molecular weight is 296 g/mol. The molecule has 1 aromatic carbocycles. The molecule has 0 atom stereocenters. The van der Waals surface area contributed by atoms with E-state index in [9.17, 15) is 14.0 Å². The molecule has 4 nitrogen and oxygen atoms in total. The van der Waals surface area contributed by atoms with Crippen LogP contribution in [-0.2, 0) is 9.59 Å². The van der Waals surface area contributed by atoms with Gasteiger partial charge in [0.25, 0.3) is 0 Å². The van der Waals surface area contributed by atoms with Crippen molar-refractivity contribution in [3.63, 3.8) is 0 Å². The lowest BCUT2D eigenvalue weighted by Crippen LogP contribution is -2.39. The second kappa shape index (κ2) is 6.74. The molecule has 108 valence electrons. The lowest BCUT2D eigenvalue weighted by atomic mass is 10.3. The molecule has 1 fully saturated rings. The zero-order chi connectivity index (χ0) is 14.5. The zero-order valence-corrected chi connectivity index (χ0v) is 12.1. The maximum atomic E-state index is 13.4. The van der Waals surface area contributed by atoms with Crippen LogP contribution in [0.1, 0.15) is 12.8 Å².